The van der Waals surface area contributed by atoms with Gasteiger partial charge in [0, 0.05) is 18.7 Å². The van der Waals surface area contributed by atoms with Crippen molar-refractivity contribution >= 4 is 5.91 Å². The largest absolute Gasteiger partial charge is 0.468 e. The van der Waals surface area contributed by atoms with Crippen molar-refractivity contribution in [3.63, 3.8) is 0 Å². The van der Waals surface area contributed by atoms with Gasteiger partial charge in [-0.05, 0) is 23.8 Å². The predicted octanol–water partition coefficient (Wildman–Crippen LogP) is 3.74. The molecule has 1 heterocycles. The molecule has 1 aromatic heterocycles. The third-order valence-electron chi connectivity index (χ3n) is 4.01. The molecule has 0 radical (unpaired) electrons. The van der Waals surface area contributed by atoms with E-state index in [9.17, 15) is 9.18 Å². The first-order valence-electron chi connectivity index (χ1n) is 8.49. The Morgan fingerprint density at radius 3 is 2.46 bits per heavy atom. The highest BCUT2D eigenvalue weighted by molar-refractivity contribution is 5.78. The maximum atomic E-state index is 13.7. The van der Waals surface area contributed by atoms with Gasteiger partial charge in [0.25, 0.3) is 0 Å². The second-order valence-electron chi connectivity index (χ2n) is 6.08. The Hall–Kier alpha value is -2.92. The van der Waals surface area contributed by atoms with E-state index >= 15 is 0 Å². The van der Waals surface area contributed by atoms with E-state index in [2.05, 4.69) is 5.32 Å². The number of halogens is 1. The molecule has 5 heteroatoms. The minimum Gasteiger partial charge on any atom is -0.468 e. The number of benzene rings is 2. The van der Waals surface area contributed by atoms with Gasteiger partial charge in [-0.1, -0.05) is 48.5 Å². The fourth-order valence-electron chi connectivity index (χ4n) is 2.73. The van der Waals surface area contributed by atoms with Crippen LogP contribution in [0.1, 0.15) is 16.9 Å². The zero-order chi connectivity index (χ0) is 18.2. The van der Waals surface area contributed by atoms with Gasteiger partial charge in [0.1, 0.15) is 11.6 Å². The van der Waals surface area contributed by atoms with Crippen molar-refractivity contribution in [3.8, 4) is 0 Å². The third kappa shape index (κ3) is 5.29. The smallest absolute Gasteiger partial charge is 0.234 e. The first kappa shape index (κ1) is 17.9. The van der Waals surface area contributed by atoms with Gasteiger partial charge in [0.05, 0.1) is 19.4 Å². The monoisotopic (exact) mass is 352 g/mol. The molecule has 0 saturated heterocycles. The van der Waals surface area contributed by atoms with Gasteiger partial charge in [-0.2, -0.15) is 0 Å². The van der Waals surface area contributed by atoms with Crippen LogP contribution in [0.5, 0.6) is 0 Å². The van der Waals surface area contributed by atoms with Crippen LogP contribution in [-0.4, -0.2) is 17.4 Å². The van der Waals surface area contributed by atoms with Crippen LogP contribution in [0.4, 0.5) is 4.39 Å². The molecule has 0 bridgehead atoms. The highest BCUT2D eigenvalue weighted by Gasteiger charge is 2.14. The van der Waals surface area contributed by atoms with Gasteiger partial charge in [0.15, 0.2) is 0 Å². The highest BCUT2D eigenvalue weighted by Crippen LogP contribution is 2.11. The number of amides is 1. The average molecular weight is 352 g/mol. The van der Waals surface area contributed by atoms with Crippen molar-refractivity contribution in [1.29, 1.82) is 0 Å². The van der Waals surface area contributed by atoms with Crippen molar-refractivity contribution in [3.05, 3.63) is 95.7 Å². The van der Waals surface area contributed by atoms with E-state index in [4.69, 9.17) is 4.42 Å². The van der Waals surface area contributed by atoms with Crippen molar-refractivity contribution in [2.45, 2.75) is 19.6 Å². The van der Waals surface area contributed by atoms with Gasteiger partial charge < -0.3 is 9.73 Å². The second-order valence-corrected chi connectivity index (χ2v) is 6.08. The summed E-state index contributed by atoms with van der Waals surface area (Å²) < 4.78 is 19.1. The molecule has 0 aliphatic carbocycles. The molecule has 0 aliphatic heterocycles. The molecule has 0 fully saturated rings. The molecule has 4 nitrogen and oxygen atoms in total. The maximum Gasteiger partial charge on any atom is 0.234 e. The summed E-state index contributed by atoms with van der Waals surface area (Å²) in [6.07, 6.45) is 1.62. The van der Waals surface area contributed by atoms with Crippen LogP contribution < -0.4 is 5.32 Å². The summed E-state index contributed by atoms with van der Waals surface area (Å²) in [5, 5.41) is 2.78. The molecule has 2 aromatic carbocycles. The van der Waals surface area contributed by atoms with E-state index in [1.54, 1.807) is 24.5 Å². The van der Waals surface area contributed by atoms with E-state index in [0.717, 1.165) is 11.3 Å². The summed E-state index contributed by atoms with van der Waals surface area (Å²) in [4.78, 5) is 14.3. The Bertz CT molecular complexity index is 819. The quantitative estimate of drug-likeness (QED) is 0.672. The Balaban J connectivity index is 1.60. The number of furan rings is 1. The Kier molecular flexibility index (Phi) is 6.17. The number of carbonyl (C=O) groups is 1. The van der Waals surface area contributed by atoms with Gasteiger partial charge in [0.2, 0.25) is 5.91 Å². The minimum atomic E-state index is -0.315. The first-order valence-corrected chi connectivity index (χ1v) is 8.49. The van der Waals surface area contributed by atoms with Crippen molar-refractivity contribution in [2.75, 3.05) is 6.54 Å². The van der Waals surface area contributed by atoms with Gasteiger partial charge in [-0.15, -0.1) is 0 Å². The van der Waals surface area contributed by atoms with Crippen LogP contribution in [0.2, 0.25) is 0 Å². The SMILES string of the molecule is O=C(CN(Cc1ccccc1)Cc1ccco1)NCc1ccccc1F. The van der Waals surface area contributed by atoms with E-state index in [-0.39, 0.29) is 24.8 Å². The van der Waals surface area contributed by atoms with Crippen LogP contribution in [-0.2, 0) is 24.4 Å². The number of hydrogen-bond acceptors (Lipinski definition) is 3. The molecule has 0 spiro atoms. The number of rotatable bonds is 8. The molecule has 0 atom stereocenters. The molecule has 3 aromatic rings. The molecule has 0 unspecified atom stereocenters. The summed E-state index contributed by atoms with van der Waals surface area (Å²) in [5.74, 6) is 0.322. The van der Waals surface area contributed by atoms with Crippen LogP contribution in [0.3, 0.4) is 0 Å². The molecule has 134 valence electrons. The Morgan fingerprint density at radius 2 is 1.73 bits per heavy atom. The number of carbonyl (C=O) groups excluding carboxylic acids is 1. The minimum absolute atomic E-state index is 0.157. The second kappa shape index (κ2) is 8.97. The third-order valence-corrected chi connectivity index (χ3v) is 4.01. The van der Waals surface area contributed by atoms with E-state index in [0.29, 0.717) is 18.7 Å². The molecular formula is C21H21FN2O2. The van der Waals surface area contributed by atoms with Crippen molar-refractivity contribution in [1.82, 2.24) is 10.2 Å². The van der Waals surface area contributed by atoms with Crippen molar-refractivity contribution in [2.24, 2.45) is 0 Å². The van der Waals surface area contributed by atoms with Crippen LogP contribution in [0.25, 0.3) is 0 Å². The lowest BCUT2D eigenvalue weighted by Crippen LogP contribution is -2.36. The fourth-order valence-corrected chi connectivity index (χ4v) is 2.73. The summed E-state index contributed by atoms with van der Waals surface area (Å²) in [7, 11) is 0. The maximum absolute atomic E-state index is 13.7. The molecular weight excluding hydrogens is 331 g/mol. The van der Waals surface area contributed by atoms with E-state index < -0.39 is 0 Å². The molecule has 1 amide bonds. The topological polar surface area (TPSA) is 45.5 Å². The fraction of sp³-hybridized carbons (Fsp3) is 0.190. The Labute approximate surface area is 152 Å². The summed E-state index contributed by atoms with van der Waals surface area (Å²) in [6, 6.07) is 20.1. The van der Waals surface area contributed by atoms with Crippen LogP contribution >= 0.6 is 0 Å². The standard InChI is InChI=1S/C21H21FN2O2/c22-20-11-5-4-9-18(20)13-23-21(25)16-24(15-19-10-6-12-26-19)14-17-7-2-1-3-8-17/h1-12H,13-16H2,(H,23,25). The molecule has 3 rings (SSSR count). The van der Waals surface area contributed by atoms with Gasteiger partial charge in [-0.25, -0.2) is 4.39 Å². The van der Waals surface area contributed by atoms with E-state index in [1.807, 2.05) is 47.4 Å². The summed E-state index contributed by atoms with van der Waals surface area (Å²) >= 11 is 0. The normalized spacial score (nSPS) is 10.8. The number of nitrogens with one attached hydrogen (secondary N) is 1. The van der Waals surface area contributed by atoms with Crippen molar-refractivity contribution < 1.29 is 13.6 Å². The summed E-state index contributed by atoms with van der Waals surface area (Å²) in [6.45, 7) is 1.51. The molecule has 26 heavy (non-hydrogen) atoms. The predicted molar refractivity (Wildman–Crippen MR) is 97.5 cm³/mol. The molecule has 0 aliphatic rings. The van der Waals surface area contributed by atoms with Crippen LogP contribution in [0.15, 0.2) is 77.4 Å². The molecule has 0 saturated carbocycles. The number of hydrogen-bond donors (Lipinski definition) is 1. The van der Waals surface area contributed by atoms with E-state index in [1.165, 1.54) is 6.07 Å². The van der Waals surface area contributed by atoms with Gasteiger partial charge >= 0.3 is 0 Å². The van der Waals surface area contributed by atoms with Gasteiger partial charge in [-0.3, -0.25) is 9.69 Å². The zero-order valence-electron chi connectivity index (χ0n) is 14.4. The first-order chi connectivity index (χ1) is 12.7. The van der Waals surface area contributed by atoms with Crippen LogP contribution in [0, 0.1) is 5.82 Å². The molecule has 1 N–H and O–H groups in total. The highest BCUT2D eigenvalue weighted by atomic mass is 19.1. The zero-order valence-corrected chi connectivity index (χ0v) is 14.4. The number of nitrogens with zero attached hydrogens (tertiary/aromatic N) is 1. The Morgan fingerprint density at radius 1 is 0.962 bits per heavy atom. The average Bonchev–Trinajstić information content (AvgIpc) is 3.15. The lowest BCUT2D eigenvalue weighted by Gasteiger charge is -2.21. The summed E-state index contributed by atoms with van der Waals surface area (Å²) in [5.41, 5.74) is 1.59. The lowest BCUT2D eigenvalue weighted by molar-refractivity contribution is -0.122. The lowest BCUT2D eigenvalue weighted by atomic mass is 10.2.